The Morgan fingerprint density at radius 2 is 2.21 bits per heavy atom. The van der Waals surface area contributed by atoms with Crippen molar-refractivity contribution < 1.29 is 4.79 Å². The Bertz CT molecular complexity index is 463. The van der Waals surface area contributed by atoms with Crippen LogP contribution in [0, 0.1) is 6.92 Å². The molecule has 7 heteroatoms. The average Bonchev–Trinajstić information content (AvgIpc) is 2.97. The van der Waals surface area contributed by atoms with Crippen molar-refractivity contribution >= 4 is 22.5 Å². The summed E-state index contributed by atoms with van der Waals surface area (Å²) in [5, 5.41) is 15.0. The van der Waals surface area contributed by atoms with Crippen LogP contribution in [-0.2, 0) is 0 Å². The minimum absolute atomic E-state index is 0.159. The molecule has 2 aliphatic heterocycles. The monoisotopic (exact) mass is 281 g/mol. The van der Waals surface area contributed by atoms with Gasteiger partial charge in [0, 0.05) is 18.6 Å². The van der Waals surface area contributed by atoms with E-state index in [2.05, 4.69) is 25.7 Å². The highest BCUT2D eigenvalue weighted by Crippen LogP contribution is 2.27. The number of carbonyl (C=O) groups excluding carboxylic acids is 1. The van der Waals surface area contributed by atoms with Gasteiger partial charge < -0.3 is 5.32 Å². The first kappa shape index (κ1) is 12.8. The number of hydrogen-bond acceptors (Lipinski definition) is 5. The first-order chi connectivity index (χ1) is 9.22. The van der Waals surface area contributed by atoms with Crippen molar-refractivity contribution in [2.45, 2.75) is 44.7 Å². The van der Waals surface area contributed by atoms with E-state index in [0.29, 0.717) is 11.2 Å². The third kappa shape index (κ3) is 2.87. The second-order valence-corrected chi connectivity index (χ2v) is 6.40. The minimum atomic E-state index is -0.159. The number of hydrogen-bond donors (Lipinski definition) is 2. The molecule has 0 unspecified atom stereocenters. The lowest BCUT2D eigenvalue weighted by Gasteiger charge is -2.32. The van der Waals surface area contributed by atoms with Crippen molar-refractivity contribution in [1.82, 2.24) is 20.4 Å². The van der Waals surface area contributed by atoms with Crippen LogP contribution in [0.25, 0.3) is 0 Å². The highest BCUT2D eigenvalue weighted by Gasteiger charge is 2.36. The topological polar surface area (TPSA) is 70.1 Å². The van der Waals surface area contributed by atoms with E-state index in [0.717, 1.165) is 18.0 Å². The third-order valence-corrected chi connectivity index (χ3v) is 4.67. The fourth-order valence-corrected chi connectivity index (χ4v) is 3.65. The lowest BCUT2D eigenvalue weighted by Crippen LogP contribution is -2.47. The van der Waals surface area contributed by atoms with Crippen molar-refractivity contribution in [3.8, 4) is 0 Å². The van der Waals surface area contributed by atoms with E-state index in [1.54, 1.807) is 0 Å². The minimum Gasteiger partial charge on any atom is -0.333 e. The van der Waals surface area contributed by atoms with Crippen LogP contribution in [0.15, 0.2) is 0 Å². The second kappa shape index (κ2) is 5.42. The highest BCUT2D eigenvalue weighted by atomic mass is 32.1. The van der Waals surface area contributed by atoms with Gasteiger partial charge in [-0.25, -0.2) is 4.79 Å². The maximum absolute atomic E-state index is 12.0. The molecular formula is C12H19N5OS. The summed E-state index contributed by atoms with van der Waals surface area (Å²) in [6.07, 6.45) is 4.81. The van der Waals surface area contributed by atoms with Crippen LogP contribution in [0.3, 0.4) is 0 Å². The summed E-state index contributed by atoms with van der Waals surface area (Å²) in [7, 11) is 0. The van der Waals surface area contributed by atoms with E-state index < -0.39 is 0 Å². The molecule has 2 saturated heterocycles. The lowest BCUT2D eigenvalue weighted by atomic mass is 9.99. The molecule has 0 aliphatic carbocycles. The van der Waals surface area contributed by atoms with Gasteiger partial charge in [-0.1, -0.05) is 17.8 Å². The van der Waals surface area contributed by atoms with Gasteiger partial charge in [0.05, 0.1) is 0 Å². The summed E-state index contributed by atoms with van der Waals surface area (Å²) in [6.45, 7) is 4.16. The maximum Gasteiger partial charge on any atom is 0.321 e. The second-order valence-electron chi connectivity index (χ2n) is 5.22. The molecule has 104 valence electrons. The summed E-state index contributed by atoms with van der Waals surface area (Å²) in [5.41, 5.74) is 0. The molecule has 3 rings (SSSR count). The van der Waals surface area contributed by atoms with E-state index >= 15 is 0 Å². The van der Waals surface area contributed by atoms with Crippen molar-refractivity contribution in [2.24, 2.45) is 0 Å². The molecule has 0 radical (unpaired) electrons. The van der Waals surface area contributed by atoms with Gasteiger partial charge in [-0.15, -0.1) is 10.2 Å². The van der Waals surface area contributed by atoms with Gasteiger partial charge in [-0.3, -0.25) is 10.2 Å². The Hall–Kier alpha value is -1.21. The number of carbonyl (C=O) groups is 1. The number of rotatable bonds is 2. The molecule has 3 heterocycles. The molecule has 1 aromatic heterocycles. The zero-order valence-corrected chi connectivity index (χ0v) is 11.9. The number of nitrogens with zero attached hydrogens (tertiary/aromatic N) is 3. The van der Waals surface area contributed by atoms with Gasteiger partial charge in [0.2, 0.25) is 5.13 Å². The fourth-order valence-electron chi connectivity index (χ4n) is 3.06. The van der Waals surface area contributed by atoms with Crippen LogP contribution >= 0.6 is 11.3 Å². The number of anilines is 1. The zero-order valence-electron chi connectivity index (χ0n) is 11.1. The maximum atomic E-state index is 12.0. The van der Waals surface area contributed by atoms with E-state index in [1.807, 2.05) is 6.92 Å². The molecule has 0 spiro atoms. The first-order valence-corrected chi connectivity index (χ1v) is 7.66. The van der Waals surface area contributed by atoms with Crippen LogP contribution in [0.4, 0.5) is 9.93 Å². The predicted molar refractivity (Wildman–Crippen MR) is 74.4 cm³/mol. The number of amides is 2. The highest BCUT2D eigenvalue weighted by molar-refractivity contribution is 7.15. The van der Waals surface area contributed by atoms with E-state index in [9.17, 15) is 4.79 Å². The van der Waals surface area contributed by atoms with Crippen LogP contribution in [0.1, 0.15) is 30.7 Å². The Kier molecular flexibility index (Phi) is 3.65. The Labute approximate surface area is 116 Å². The van der Waals surface area contributed by atoms with Crippen LogP contribution in [0.5, 0.6) is 0 Å². The van der Waals surface area contributed by atoms with Gasteiger partial charge in [0.25, 0.3) is 0 Å². The SMILES string of the molecule is Cc1nnc(NC(=O)N[C@H]2CCN3CCCC[C@H]23)s1. The smallest absolute Gasteiger partial charge is 0.321 e. The molecule has 0 bridgehead atoms. The average molecular weight is 281 g/mol. The fraction of sp³-hybridized carbons (Fsp3) is 0.750. The number of nitrogens with one attached hydrogen (secondary N) is 2. The van der Waals surface area contributed by atoms with Gasteiger partial charge in [0.15, 0.2) is 0 Å². The van der Waals surface area contributed by atoms with Crippen LogP contribution < -0.4 is 10.6 Å². The summed E-state index contributed by atoms with van der Waals surface area (Å²) in [4.78, 5) is 14.5. The van der Waals surface area contributed by atoms with Gasteiger partial charge in [-0.05, 0) is 32.7 Å². The summed E-state index contributed by atoms with van der Waals surface area (Å²) in [5.74, 6) is 0. The van der Waals surface area contributed by atoms with Gasteiger partial charge >= 0.3 is 6.03 Å². The summed E-state index contributed by atoms with van der Waals surface area (Å²) in [6, 6.07) is 0.638. The van der Waals surface area contributed by atoms with Crippen LogP contribution in [0.2, 0.25) is 0 Å². The molecule has 2 fully saturated rings. The van der Waals surface area contributed by atoms with Crippen molar-refractivity contribution in [3.63, 3.8) is 0 Å². The quantitative estimate of drug-likeness (QED) is 0.864. The Morgan fingerprint density at radius 3 is 3.00 bits per heavy atom. The number of aryl methyl sites for hydroxylation is 1. The standard InChI is InChI=1S/C12H19N5OS/c1-8-15-16-12(19-8)14-11(18)13-9-5-7-17-6-3-2-4-10(9)17/h9-10H,2-7H2,1H3,(H2,13,14,16,18)/t9-,10+/m0/s1. The molecule has 0 saturated carbocycles. The normalized spacial score (nSPS) is 27.0. The predicted octanol–water partition coefficient (Wildman–Crippen LogP) is 1.59. The van der Waals surface area contributed by atoms with E-state index in [1.165, 1.54) is 37.1 Å². The number of urea groups is 1. The Balaban J connectivity index is 1.54. The summed E-state index contributed by atoms with van der Waals surface area (Å²) < 4.78 is 0. The molecule has 2 amide bonds. The molecule has 6 nitrogen and oxygen atoms in total. The third-order valence-electron chi connectivity index (χ3n) is 3.92. The number of piperidine rings is 1. The van der Waals surface area contributed by atoms with E-state index in [4.69, 9.17) is 0 Å². The summed E-state index contributed by atoms with van der Waals surface area (Å²) >= 11 is 1.39. The van der Waals surface area contributed by atoms with Crippen LogP contribution in [-0.4, -0.2) is 46.3 Å². The van der Waals surface area contributed by atoms with Crippen molar-refractivity contribution in [1.29, 1.82) is 0 Å². The first-order valence-electron chi connectivity index (χ1n) is 6.84. The molecule has 19 heavy (non-hydrogen) atoms. The molecule has 2 N–H and O–H groups in total. The molecule has 2 aliphatic rings. The molecular weight excluding hydrogens is 262 g/mol. The van der Waals surface area contributed by atoms with Crippen molar-refractivity contribution in [2.75, 3.05) is 18.4 Å². The largest absolute Gasteiger partial charge is 0.333 e. The van der Waals surface area contributed by atoms with E-state index in [-0.39, 0.29) is 12.1 Å². The number of fused-ring (bicyclic) bond motifs is 1. The van der Waals surface area contributed by atoms with Gasteiger partial charge in [-0.2, -0.15) is 0 Å². The number of aromatic nitrogens is 2. The Morgan fingerprint density at radius 1 is 1.32 bits per heavy atom. The van der Waals surface area contributed by atoms with Gasteiger partial charge in [0.1, 0.15) is 5.01 Å². The molecule has 1 aromatic rings. The van der Waals surface area contributed by atoms with Crippen molar-refractivity contribution in [3.05, 3.63) is 5.01 Å². The zero-order chi connectivity index (χ0) is 13.2. The molecule has 0 aromatic carbocycles. The lowest BCUT2D eigenvalue weighted by molar-refractivity contribution is 0.180. The molecule has 2 atom stereocenters.